The van der Waals surface area contributed by atoms with Gasteiger partial charge in [-0.3, -0.25) is 9.59 Å². The third-order valence-corrected chi connectivity index (χ3v) is 4.57. The Kier molecular flexibility index (Phi) is 3.57. The standard InChI is InChI=1S/C19H18O3/c1-13-6-5-11-19(13,18(21)22-2)17(20)16-10-9-14-7-3-4-8-15(14)12-16/h3-4,7-10,12H,1,5-6,11H2,2H3. The smallest absolute Gasteiger partial charge is 0.323 e. The lowest BCUT2D eigenvalue weighted by atomic mass is 9.76. The molecular formula is C19H18O3. The molecule has 1 atom stereocenters. The van der Waals surface area contributed by atoms with Crippen LogP contribution in [-0.4, -0.2) is 18.9 Å². The van der Waals surface area contributed by atoms with E-state index in [2.05, 4.69) is 6.58 Å². The van der Waals surface area contributed by atoms with Crippen LogP contribution >= 0.6 is 0 Å². The predicted molar refractivity (Wildman–Crippen MR) is 85.7 cm³/mol. The Morgan fingerprint density at radius 1 is 1.14 bits per heavy atom. The van der Waals surface area contributed by atoms with Crippen molar-refractivity contribution >= 4 is 22.5 Å². The second-order valence-electron chi connectivity index (χ2n) is 5.75. The molecule has 22 heavy (non-hydrogen) atoms. The number of carbonyl (C=O) groups is 2. The molecule has 0 bridgehead atoms. The van der Waals surface area contributed by atoms with Crippen LogP contribution in [0.1, 0.15) is 29.6 Å². The van der Waals surface area contributed by atoms with Crippen LogP contribution in [0.4, 0.5) is 0 Å². The van der Waals surface area contributed by atoms with Gasteiger partial charge in [0.15, 0.2) is 11.2 Å². The van der Waals surface area contributed by atoms with Gasteiger partial charge < -0.3 is 4.74 Å². The van der Waals surface area contributed by atoms with Gasteiger partial charge in [-0.2, -0.15) is 0 Å². The monoisotopic (exact) mass is 294 g/mol. The molecule has 3 nitrogen and oxygen atoms in total. The number of benzene rings is 2. The van der Waals surface area contributed by atoms with E-state index in [-0.39, 0.29) is 5.78 Å². The average molecular weight is 294 g/mol. The summed E-state index contributed by atoms with van der Waals surface area (Å²) in [4.78, 5) is 25.4. The van der Waals surface area contributed by atoms with Crippen LogP contribution in [0, 0.1) is 5.41 Å². The maximum absolute atomic E-state index is 13.1. The highest BCUT2D eigenvalue weighted by atomic mass is 16.5. The first kappa shape index (κ1) is 14.5. The Hall–Kier alpha value is -2.42. The average Bonchev–Trinajstić information content (AvgIpc) is 2.95. The zero-order chi connectivity index (χ0) is 15.7. The first-order chi connectivity index (χ1) is 10.6. The fourth-order valence-electron chi connectivity index (χ4n) is 3.32. The number of hydrogen-bond acceptors (Lipinski definition) is 3. The highest BCUT2D eigenvalue weighted by Gasteiger charge is 2.51. The molecule has 1 saturated carbocycles. The lowest BCUT2D eigenvalue weighted by molar-refractivity contribution is -0.147. The van der Waals surface area contributed by atoms with E-state index in [1.807, 2.05) is 36.4 Å². The summed E-state index contributed by atoms with van der Waals surface area (Å²) in [6, 6.07) is 13.4. The van der Waals surface area contributed by atoms with Crippen molar-refractivity contribution in [2.24, 2.45) is 5.41 Å². The third kappa shape index (κ3) is 2.05. The lowest BCUT2D eigenvalue weighted by Gasteiger charge is -2.26. The van der Waals surface area contributed by atoms with Gasteiger partial charge in [0.2, 0.25) is 0 Å². The van der Waals surface area contributed by atoms with Crippen LogP contribution in [-0.2, 0) is 9.53 Å². The maximum atomic E-state index is 13.1. The first-order valence-electron chi connectivity index (χ1n) is 7.40. The van der Waals surface area contributed by atoms with Gasteiger partial charge >= 0.3 is 5.97 Å². The van der Waals surface area contributed by atoms with E-state index in [0.29, 0.717) is 24.0 Å². The Morgan fingerprint density at radius 3 is 2.50 bits per heavy atom. The molecule has 0 N–H and O–H groups in total. The number of ether oxygens (including phenoxy) is 1. The summed E-state index contributed by atoms with van der Waals surface area (Å²) in [5.41, 5.74) is -0.0123. The predicted octanol–water partition coefficient (Wildman–Crippen LogP) is 3.92. The lowest BCUT2D eigenvalue weighted by Crippen LogP contribution is -2.39. The normalized spacial score (nSPS) is 21.0. The summed E-state index contributed by atoms with van der Waals surface area (Å²) in [7, 11) is 1.32. The molecule has 2 aromatic rings. The molecular weight excluding hydrogens is 276 g/mol. The molecule has 0 spiro atoms. The van der Waals surface area contributed by atoms with Crippen molar-refractivity contribution in [1.29, 1.82) is 0 Å². The van der Waals surface area contributed by atoms with Crippen molar-refractivity contribution in [3.05, 3.63) is 60.2 Å². The quantitative estimate of drug-likeness (QED) is 0.373. The van der Waals surface area contributed by atoms with Crippen LogP contribution in [0.3, 0.4) is 0 Å². The molecule has 112 valence electrons. The van der Waals surface area contributed by atoms with Gasteiger partial charge in [0, 0.05) is 5.56 Å². The van der Waals surface area contributed by atoms with Gasteiger partial charge in [-0.1, -0.05) is 48.6 Å². The van der Waals surface area contributed by atoms with Gasteiger partial charge in [-0.05, 0) is 36.1 Å². The molecule has 1 aliphatic carbocycles. The van der Waals surface area contributed by atoms with Crippen molar-refractivity contribution < 1.29 is 14.3 Å². The molecule has 0 saturated heterocycles. The topological polar surface area (TPSA) is 43.4 Å². The molecule has 0 aromatic heterocycles. The van der Waals surface area contributed by atoms with Crippen molar-refractivity contribution in [2.75, 3.05) is 7.11 Å². The Labute approximate surface area is 129 Å². The van der Waals surface area contributed by atoms with Crippen LogP contribution in [0.15, 0.2) is 54.6 Å². The van der Waals surface area contributed by atoms with Crippen molar-refractivity contribution in [3.63, 3.8) is 0 Å². The molecule has 1 unspecified atom stereocenters. The maximum Gasteiger partial charge on any atom is 0.323 e. The second-order valence-corrected chi connectivity index (χ2v) is 5.75. The van der Waals surface area contributed by atoms with Gasteiger partial charge in [-0.15, -0.1) is 0 Å². The number of ketones is 1. The van der Waals surface area contributed by atoms with Gasteiger partial charge in [0.05, 0.1) is 7.11 Å². The molecule has 2 aromatic carbocycles. The largest absolute Gasteiger partial charge is 0.468 e. The summed E-state index contributed by atoms with van der Waals surface area (Å²) < 4.78 is 4.92. The fourth-order valence-corrected chi connectivity index (χ4v) is 3.32. The first-order valence-corrected chi connectivity index (χ1v) is 7.40. The van der Waals surface area contributed by atoms with E-state index >= 15 is 0 Å². The van der Waals surface area contributed by atoms with Crippen molar-refractivity contribution in [1.82, 2.24) is 0 Å². The molecule has 1 fully saturated rings. The zero-order valence-electron chi connectivity index (χ0n) is 12.6. The molecule has 0 heterocycles. The van der Waals surface area contributed by atoms with Crippen LogP contribution < -0.4 is 0 Å². The van der Waals surface area contributed by atoms with E-state index in [0.717, 1.165) is 17.2 Å². The molecule has 0 aliphatic heterocycles. The van der Waals surface area contributed by atoms with E-state index in [1.54, 1.807) is 6.07 Å². The van der Waals surface area contributed by atoms with E-state index in [1.165, 1.54) is 7.11 Å². The number of Topliss-reactive ketones (excluding diaryl/α,β-unsaturated/α-hetero) is 1. The summed E-state index contributed by atoms with van der Waals surface area (Å²) in [6.45, 7) is 3.96. The van der Waals surface area contributed by atoms with Crippen LogP contribution in [0.25, 0.3) is 10.8 Å². The number of esters is 1. The highest BCUT2D eigenvalue weighted by molar-refractivity contribution is 6.16. The second kappa shape index (κ2) is 5.41. The number of methoxy groups -OCH3 is 1. The number of hydrogen-bond donors (Lipinski definition) is 0. The summed E-state index contributed by atoms with van der Waals surface area (Å²) in [6.07, 6.45) is 1.95. The minimum absolute atomic E-state index is 0.201. The summed E-state index contributed by atoms with van der Waals surface area (Å²) >= 11 is 0. The molecule has 3 heteroatoms. The highest BCUT2D eigenvalue weighted by Crippen LogP contribution is 2.45. The van der Waals surface area contributed by atoms with Gasteiger partial charge in [0.25, 0.3) is 0 Å². The van der Waals surface area contributed by atoms with E-state index in [4.69, 9.17) is 4.74 Å². The van der Waals surface area contributed by atoms with E-state index < -0.39 is 11.4 Å². The van der Waals surface area contributed by atoms with E-state index in [9.17, 15) is 9.59 Å². The number of rotatable bonds is 3. The summed E-state index contributed by atoms with van der Waals surface area (Å²) in [5, 5.41) is 2.05. The zero-order valence-corrected chi connectivity index (χ0v) is 12.6. The third-order valence-electron chi connectivity index (χ3n) is 4.57. The molecule has 3 rings (SSSR count). The SMILES string of the molecule is C=C1CCCC1(C(=O)OC)C(=O)c1ccc2ccccc2c1. The minimum Gasteiger partial charge on any atom is -0.468 e. The minimum atomic E-state index is -1.21. The molecule has 1 aliphatic rings. The number of carbonyl (C=O) groups excluding carboxylic acids is 2. The molecule has 0 amide bonds. The van der Waals surface area contributed by atoms with Crippen LogP contribution in [0.5, 0.6) is 0 Å². The van der Waals surface area contributed by atoms with Crippen molar-refractivity contribution in [3.8, 4) is 0 Å². The summed E-state index contributed by atoms with van der Waals surface area (Å²) in [5.74, 6) is -0.694. The Bertz CT molecular complexity index is 775. The van der Waals surface area contributed by atoms with Crippen LogP contribution in [0.2, 0.25) is 0 Å². The van der Waals surface area contributed by atoms with Crippen molar-refractivity contribution in [2.45, 2.75) is 19.3 Å². The Balaban J connectivity index is 2.09. The fraction of sp³-hybridized carbons (Fsp3) is 0.263. The number of fused-ring (bicyclic) bond motifs is 1. The molecule has 0 radical (unpaired) electrons. The van der Waals surface area contributed by atoms with Gasteiger partial charge in [0.1, 0.15) is 0 Å². The Morgan fingerprint density at radius 2 is 1.86 bits per heavy atom. The van der Waals surface area contributed by atoms with Gasteiger partial charge in [-0.25, -0.2) is 0 Å².